The minimum Gasteiger partial charge on any atom is -0.275 e. The average molecular weight is 487 g/mol. The van der Waals surface area contributed by atoms with Crippen molar-refractivity contribution in [2.45, 2.75) is 69.2 Å². The molecule has 1 aromatic heterocycles. The summed E-state index contributed by atoms with van der Waals surface area (Å²) in [4.78, 5) is 28.3. The van der Waals surface area contributed by atoms with Gasteiger partial charge in [0.15, 0.2) is 0 Å². The van der Waals surface area contributed by atoms with Gasteiger partial charge >= 0.3 is 11.9 Å². The molecular formula is C24H32N5O4S+. The van der Waals surface area contributed by atoms with Crippen molar-refractivity contribution < 1.29 is 22.6 Å². The number of imide groups is 1. The second-order valence-electron chi connectivity index (χ2n) is 10.3. The molecule has 1 atom stereocenters. The van der Waals surface area contributed by atoms with Gasteiger partial charge in [-0.15, -0.1) is 0 Å². The number of urea groups is 1. The van der Waals surface area contributed by atoms with Gasteiger partial charge < -0.3 is 0 Å². The molecule has 182 valence electrons. The third-order valence-electron chi connectivity index (χ3n) is 7.29. The van der Waals surface area contributed by atoms with Crippen LogP contribution in [0.5, 0.6) is 0 Å². The molecule has 0 aromatic carbocycles. The maximum absolute atomic E-state index is 13.5. The fourth-order valence-corrected chi connectivity index (χ4v) is 6.68. The molecule has 34 heavy (non-hydrogen) atoms. The number of nitrogens with one attached hydrogen (secondary N) is 1. The number of hydrogen-bond acceptors (Lipinski definition) is 5. The number of allylic oxidation sites excluding steroid dienone is 1. The molecule has 3 aliphatic carbocycles. The second-order valence-corrected chi connectivity index (χ2v) is 12.1. The van der Waals surface area contributed by atoms with E-state index in [0.29, 0.717) is 18.2 Å². The fourth-order valence-electron chi connectivity index (χ4n) is 5.05. The number of aryl methyl sites for hydroxylation is 1. The Kier molecular flexibility index (Phi) is 5.84. The molecule has 3 amide bonds. The lowest BCUT2D eigenvalue weighted by Crippen LogP contribution is -2.52. The van der Waals surface area contributed by atoms with Crippen LogP contribution in [0.2, 0.25) is 0 Å². The molecule has 0 bridgehead atoms. The van der Waals surface area contributed by atoms with Crippen molar-refractivity contribution in [1.29, 1.82) is 0 Å². The summed E-state index contributed by atoms with van der Waals surface area (Å²) in [5.74, 6) is -0.0998. The van der Waals surface area contributed by atoms with Gasteiger partial charge in [0.2, 0.25) is 10.0 Å². The van der Waals surface area contributed by atoms with Crippen LogP contribution in [0.15, 0.2) is 36.2 Å². The van der Waals surface area contributed by atoms with Crippen LogP contribution < -0.4 is 4.72 Å². The first kappa shape index (κ1) is 23.2. The van der Waals surface area contributed by atoms with E-state index < -0.39 is 26.7 Å². The average Bonchev–Trinajstić information content (AvgIpc) is 3.37. The molecule has 1 aliphatic heterocycles. The van der Waals surface area contributed by atoms with Crippen LogP contribution in [-0.2, 0) is 28.4 Å². The van der Waals surface area contributed by atoms with Crippen LogP contribution in [0.4, 0.5) is 4.79 Å². The molecule has 2 heterocycles. The summed E-state index contributed by atoms with van der Waals surface area (Å²) >= 11 is 0. The van der Waals surface area contributed by atoms with Crippen LogP contribution in [0.3, 0.4) is 0 Å². The summed E-state index contributed by atoms with van der Waals surface area (Å²) in [6.07, 6.45) is 15.3. The van der Waals surface area contributed by atoms with Gasteiger partial charge in [0.1, 0.15) is 23.1 Å². The summed E-state index contributed by atoms with van der Waals surface area (Å²) in [7, 11) is -1.92. The Labute approximate surface area is 200 Å². The Morgan fingerprint density at radius 1 is 1.21 bits per heavy atom. The number of nitrogens with zero attached hydrogens (tertiary/aromatic N) is 4. The first-order valence-electron chi connectivity index (χ1n) is 12.1. The van der Waals surface area contributed by atoms with Crippen molar-refractivity contribution in [1.82, 2.24) is 19.4 Å². The van der Waals surface area contributed by atoms with E-state index in [-0.39, 0.29) is 18.1 Å². The predicted octanol–water partition coefficient (Wildman–Crippen LogP) is 2.25. The number of amides is 3. The number of carbonyl (C=O) groups excluding carboxylic acids is 2. The summed E-state index contributed by atoms with van der Waals surface area (Å²) in [6, 6.07) is -0.360. The van der Waals surface area contributed by atoms with Crippen LogP contribution >= 0.6 is 0 Å². The van der Waals surface area contributed by atoms with Crippen LogP contribution in [0.1, 0.15) is 57.4 Å². The van der Waals surface area contributed by atoms with E-state index in [1.807, 2.05) is 6.92 Å². The summed E-state index contributed by atoms with van der Waals surface area (Å²) < 4.78 is 32.1. The van der Waals surface area contributed by atoms with Gasteiger partial charge in [0, 0.05) is 24.3 Å². The van der Waals surface area contributed by atoms with Gasteiger partial charge in [-0.1, -0.05) is 25.3 Å². The van der Waals surface area contributed by atoms with E-state index in [1.54, 1.807) is 40.9 Å². The highest BCUT2D eigenvalue weighted by atomic mass is 32.2. The normalized spacial score (nSPS) is 24.9. The molecule has 5 rings (SSSR count). The number of aromatic nitrogens is 2. The first-order valence-corrected chi connectivity index (χ1v) is 13.6. The van der Waals surface area contributed by atoms with Crippen molar-refractivity contribution in [2.24, 2.45) is 13.0 Å². The number of sulfonamides is 1. The smallest absolute Gasteiger partial charge is 0.275 e. The molecular weight excluding hydrogens is 454 g/mol. The Balaban J connectivity index is 1.50. The Hall–Kier alpha value is -2.59. The fraction of sp³-hybridized carbons (Fsp3) is 0.583. The van der Waals surface area contributed by atoms with E-state index in [1.165, 1.54) is 17.4 Å². The Bertz CT molecular complexity index is 1220. The molecule has 4 aliphatic rings. The summed E-state index contributed by atoms with van der Waals surface area (Å²) in [5.41, 5.74) is 1.12. The molecule has 9 nitrogen and oxygen atoms in total. The standard InChI is InChI=1S/C24H32N5O4S/c1-24(10-11-24)26-34(32,33)19-8-9-21-20(12-19)22(30)29(16-18-13-25-27(2)14-18)23(31)28(21)15-17-6-4-3-5-7-17/h8-9,12-14,17,19,26H,3-7,10-11,15-16H2,1-2H3/q+1. The lowest BCUT2D eigenvalue weighted by atomic mass is 9.88. The predicted molar refractivity (Wildman–Crippen MR) is 127 cm³/mol. The van der Waals surface area contributed by atoms with Gasteiger partial charge in [-0.3, -0.25) is 4.68 Å². The highest BCUT2D eigenvalue weighted by Gasteiger charge is 2.48. The molecule has 10 heteroatoms. The second kappa shape index (κ2) is 8.57. The van der Waals surface area contributed by atoms with Crippen molar-refractivity contribution in [3.63, 3.8) is 0 Å². The van der Waals surface area contributed by atoms with Gasteiger partial charge in [0.05, 0.1) is 12.7 Å². The van der Waals surface area contributed by atoms with E-state index in [0.717, 1.165) is 44.1 Å². The number of rotatable bonds is 7. The Morgan fingerprint density at radius 3 is 2.59 bits per heavy atom. The molecule has 1 unspecified atom stereocenters. The molecule has 1 N–H and O–H groups in total. The quantitative estimate of drug-likeness (QED) is 0.596. The zero-order chi connectivity index (χ0) is 24.1. The van der Waals surface area contributed by atoms with Crippen LogP contribution in [-0.4, -0.2) is 62.7 Å². The van der Waals surface area contributed by atoms with Crippen LogP contribution in [0.25, 0.3) is 0 Å². The minimum atomic E-state index is -3.70. The third kappa shape index (κ3) is 4.53. The van der Waals surface area contributed by atoms with Crippen molar-refractivity contribution in [3.05, 3.63) is 41.8 Å². The van der Waals surface area contributed by atoms with Crippen molar-refractivity contribution in [2.75, 3.05) is 6.54 Å². The molecule has 0 saturated heterocycles. The zero-order valence-electron chi connectivity index (χ0n) is 19.7. The van der Waals surface area contributed by atoms with E-state index in [9.17, 15) is 18.0 Å². The number of carbonyl (C=O) groups is 2. The summed E-state index contributed by atoms with van der Waals surface area (Å²) in [5, 5.41) is 3.19. The van der Waals surface area contributed by atoms with E-state index in [4.69, 9.17) is 0 Å². The van der Waals surface area contributed by atoms with Gasteiger partial charge in [-0.2, -0.15) is 19.4 Å². The van der Waals surface area contributed by atoms with E-state index in [2.05, 4.69) is 9.82 Å². The Morgan fingerprint density at radius 2 is 1.94 bits per heavy atom. The minimum absolute atomic E-state index is 0.0920. The molecule has 0 spiro atoms. The highest BCUT2D eigenvalue weighted by Crippen LogP contribution is 2.36. The first-order chi connectivity index (χ1) is 16.2. The van der Waals surface area contributed by atoms with E-state index >= 15 is 0 Å². The van der Waals surface area contributed by atoms with Crippen LogP contribution in [0, 0.1) is 5.92 Å². The third-order valence-corrected chi connectivity index (χ3v) is 9.08. The SMILES string of the molecule is Cn1cc(CN2C(=O)C3=CC(S(=O)(=O)NC4(C)CC4)C=CC3=[N+](CC3CCCCC3)C2=O)cn1. The maximum Gasteiger partial charge on any atom is 0.501 e. The molecule has 2 fully saturated rings. The lowest BCUT2D eigenvalue weighted by Gasteiger charge is -2.28. The highest BCUT2D eigenvalue weighted by molar-refractivity contribution is 7.90. The largest absolute Gasteiger partial charge is 0.501 e. The molecule has 0 radical (unpaired) electrons. The molecule has 1 aromatic rings. The molecule has 2 saturated carbocycles. The van der Waals surface area contributed by atoms with Gasteiger partial charge in [-0.25, -0.2) is 17.9 Å². The van der Waals surface area contributed by atoms with Gasteiger partial charge in [0.25, 0.3) is 0 Å². The number of fused-ring (bicyclic) bond motifs is 1. The topological polar surface area (TPSA) is 104 Å². The summed E-state index contributed by atoms with van der Waals surface area (Å²) in [6.45, 7) is 2.50. The van der Waals surface area contributed by atoms with Crippen molar-refractivity contribution >= 4 is 27.7 Å². The maximum atomic E-state index is 13.5. The van der Waals surface area contributed by atoms with Gasteiger partial charge in [-0.05, 0) is 50.7 Å². The zero-order valence-corrected chi connectivity index (χ0v) is 20.6. The number of hydrogen-bond donors (Lipinski definition) is 1. The van der Waals surface area contributed by atoms with Crippen molar-refractivity contribution in [3.8, 4) is 0 Å². The lowest BCUT2D eigenvalue weighted by molar-refractivity contribution is -0.446. The monoisotopic (exact) mass is 486 g/mol.